The Balaban J connectivity index is 1.93. The molecule has 2 unspecified atom stereocenters. The molecular weight excluding hydrogens is 214 g/mol. The summed E-state index contributed by atoms with van der Waals surface area (Å²) in [6.07, 6.45) is 6.96. The summed E-state index contributed by atoms with van der Waals surface area (Å²) in [6, 6.07) is 2.40. The molecule has 1 aromatic rings. The SMILES string of the molecule is CCCC(C)(O)CNC1CCCc2occc21. The highest BCUT2D eigenvalue weighted by atomic mass is 16.3. The zero-order valence-corrected chi connectivity index (χ0v) is 10.8. The van der Waals surface area contributed by atoms with Crippen LogP contribution in [0.1, 0.15) is 56.9 Å². The molecule has 0 amide bonds. The summed E-state index contributed by atoms with van der Waals surface area (Å²) in [5.74, 6) is 1.11. The lowest BCUT2D eigenvalue weighted by molar-refractivity contribution is 0.0464. The van der Waals surface area contributed by atoms with Crippen LogP contribution in [-0.2, 0) is 6.42 Å². The van der Waals surface area contributed by atoms with E-state index in [1.165, 1.54) is 5.56 Å². The van der Waals surface area contributed by atoms with E-state index in [0.717, 1.165) is 37.9 Å². The van der Waals surface area contributed by atoms with Crippen molar-refractivity contribution in [1.29, 1.82) is 0 Å². The van der Waals surface area contributed by atoms with Crippen LogP contribution in [0.3, 0.4) is 0 Å². The fourth-order valence-electron chi connectivity index (χ4n) is 2.67. The van der Waals surface area contributed by atoms with E-state index in [9.17, 15) is 5.11 Å². The van der Waals surface area contributed by atoms with Crippen LogP contribution >= 0.6 is 0 Å². The summed E-state index contributed by atoms with van der Waals surface area (Å²) in [5, 5.41) is 13.6. The van der Waals surface area contributed by atoms with Crippen LogP contribution in [0.25, 0.3) is 0 Å². The molecule has 3 nitrogen and oxygen atoms in total. The van der Waals surface area contributed by atoms with Gasteiger partial charge in [0.2, 0.25) is 0 Å². The third kappa shape index (κ3) is 3.11. The largest absolute Gasteiger partial charge is 0.469 e. The molecule has 1 heterocycles. The van der Waals surface area contributed by atoms with Gasteiger partial charge in [0.15, 0.2) is 0 Å². The molecule has 1 aliphatic carbocycles. The summed E-state index contributed by atoms with van der Waals surface area (Å²) < 4.78 is 5.46. The Morgan fingerprint density at radius 3 is 3.18 bits per heavy atom. The molecule has 2 atom stereocenters. The van der Waals surface area contributed by atoms with Gasteiger partial charge in [0, 0.05) is 24.6 Å². The number of hydrogen-bond acceptors (Lipinski definition) is 3. The molecule has 0 saturated heterocycles. The number of furan rings is 1. The van der Waals surface area contributed by atoms with Gasteiger partial charge >= 0.3 is 0 Å². The van der Waals surface area contributed by atoms with Crippen LogP contribution in [0, 0.1) is 0 Å². The molecule has 96 valence electrons. The van der Waals surface area contributed by atoms with E-state index in [-0.39, 0.29) is 0 Å². The predicted octanol–water partition coefficient (Wildman–Crippen LogP) is 2.80. The van der Waals surface area contributed by atoms with Crippen LogP contribution in [0.2, 0.25) is 0 Å². The third-order valence-corrected chi connectivity index (χ3v) is 3.57. The van der Waals surface area contributed by atoms with Crippen molar-refractivity contribution in [2.45, 2.75) is 57.6 Å². The highest BCUT2D eigenvalue weighted by molar-refractivity contribution is 5.24. The average molecular weight is 237 g/mol. The second-order valence-corrected chi connectivity index (χ2v) is 5.37. The predicted molar refractivity (Wildman–Crippen MR) is 67.9 cm³/mol. The van der Waals surface area contributed by atoms with E-state index in [0.29, 0.717) is 12.6 Å². The smallest absolute Gasteiger partial charge is 0.108 e. The highest BCUT2D eigenvalue weighted by Crippen LogP contribution is 2.30. The van der Waals surface area contributed by atoms with E-state index < -0.39 is 5.60 Å². The number of nitrogens with one attached hydrogen (secondary N) is 1. The molecule has 0 fully saturated rings. The van der Waals surface area contributed by atoms with Crippen molar-refractivity contribution in [2.24, 2.45) is 0 Å². The minimum absolute atomic E-state index is 0.348. The number of aliphatic hydroxyl groups is 1. The second kappa shape index (κ2) is 5.23. The monoisotopic (exact) mass is 237 g/mol. The average Bonchev–Trinajstić information content (AvgIpc) is 2.74. The summed E-state index contributed by atoms with van der Waals surface area (Å²) in [6.45, 7) is 4.65. The van der Waals surface area contributed by atoms with Crippen LogP contribution in [0.4, 0.5) is 0 Å². The first-order valence-corrected chi connectivity index (χ1v) is 6.64. The molecule has 0 aliphatic heterocycles. The van der Waals surface area contributed by atoms with Gasteiger partial charge in [-0.15, -0.1) is 0 Å². The Hall–Kier alpha value is -0.800. The summed E-state index contributed by atoms with van der Waals surface area (Å²) >= 11 is 0. The van der Waals surface area contributed by atoms with Crippen molar-refractivity contribution < 1.29 is 9.52 Å². The summed E-state index contributed by atoms with van der Waals surface area (Å²) in [7, 11) is 0. The molecule has 0 saturated carbocycles. The Bertz CT molecular complexity index is 357. The quantitative estimate of drug-likeness (QED) is 0.827. The van der Waals surface area contributed by atoms with Gasteiger partial charge < -0.3 is 14.8 Å². The van der Waals surface area contributed by atoms with Gasteiger partial charge in [0.1, 0.15) is 5.76 Å². The van der Waals surface area contributed by atoms with Gasteiger partial charge in [0.25, 0.3) is 0 Å². The van der Waals surface area contributed by atoms with Crippen molar-refractivity contribution in [1.82, 2.24) is 5.32 Å². The van der Waals surface area contributed by atoms with E-state index in [1.54, 1.807) is 6.26 Å². The standard InChI is InChI=1S/C14H23NO2/c1-3-8-14(2,16)10-15-12-5-4-6-13-11(12)7-9-17-13/h7,9,12,15-16H,3-6,8,10H2,1-2H3. The number of hydrogen-bond donors (Lipinski definition) is 2. The summed E-state index contributed by atoms with van der Waals surface area (Å²) in [4.78, 5) is 0. The van der Waals surface area contributed by atoms with Crippen LogP contribution in [0.5, 0.6) is 0 Å². The molecule has 0 spiro atoms. The van der Waals surface area contributed by atoms with Gasteiger partial charge in [-0.25, -0.2) is 0 Å². The Morgan fingerprint density at radius 2 is 2.41 bits per heavy atom. The second-order valence-electron chi connectivity index (χ2n) is 5.37. The maximum Gasteiger partial charge on any atom is 0.108 e. The van der Waals surface area contributed by atoms with Crippen molar-refractivity contribution in [3.63, 3.8) is 0 Å². The zero-order chi connectivity index (χ0) is 12.3. The van der Waals surface area contributed by atoms with Crippen molar-refractivity contribution >= 4 is 0 Å². The first kappa shape index (κ1) is 12.7. The molecule has 1 aliphatic rings. The first-order chi connectivity index (χ1) is 8.12. The fraction of sp³-hybridized carbons (Fsp3) is 0.714. The van der Waals surface area contributed by atoms with E-state index >= 15 is 0 Å². The van der Waals surface area contributed by atoms with E-state index in [4.69, 9.17) is 4.42 Å². The molecule has 0 radical (unpaired) electrons. The number of rotatable bonds is 5. The van der Waals surface area contributed by atoms with E-state index in [2.05, 4.69) is 18.3 Å². The Kier molecular flexibility index (Phi) is 3.89. The molecule has 0 aromatic carbocycles. The maximum absolute atomic E-state index is 10.2. The topological polar surface area (TPSA) is 45.4 Å². The lowest BCUT2D eigenvalue weighted by atomic mass is 9.92. The highest BCUT2D eigenvalue weighted by Gasteiger charge is 2.25. The van der Waals surface area contributed by atoms with Gasteiger partial charge in [-0.05, 0) is 32.3 Å². The molecule has 0 bridgehead atoms. The molecule has 17 heavy (non-hydrogen) atoms. The third-order valence-electron chi connectivity index (χ3n) is 3.57. The van der Waals surface area contributed by atoms with Crippen molar-refractivity contribution in [3.8, 4) is 0 Å². The van der Waals surface area contributed by atoms with Gasteiger partial charge in [-0.1, -0.05) is 13.3 Å². The van der Waals surface area contributed by atoms with Crippen LogP contribution < -0.4 is 5.32 Å². The molecule has 2 N–H and O–H groups in total. The Morgan fingerprint density at radius 1 is 1.59 bits per heavy atom. The zero-order valence-electron chi connectivity index (χ0n) is 10.8. The van der Waals surface area contributed by atoms with Crippen molar-refractivity contribution in [3.05, 3.63) is 23.7 Å². The molecule has 3 heteroatoms. The minimum atomic E-state index is -0.601. The number of fused-ring (bicyclic) bond motifs is 1. The molecule has 1 aromatic heterocycles. The van der Waals surface area contributed by atoms with Gasteiger partial charge in [-0.2, -0.15) is 0 Å². The van der Waals surface area contributed by atoms with Gasteiger partial charge in [0.05, 0.1) is 11.9 Å². The first-order valence-electron chi connectivity index (χ1n) is 6.64. The minimum Gasteiger partial charge on any atom is -0.469 e. The fourth-order valence-corrected chi connectivity index (χ4v) is 2.67. The number of aryl methyl sites for hydroxylation is 1. The Labute approximate surface area is 103 Å². The molecular formula is C14H23NO2. The normalized spacial score (nSPS) is 23.1. The van der Waals surface area contributed by atoms with Crippen molar-refractivity contribution in [2.75, 3.05) is 6.54 Å². The maximum atomic E-state index is 10.2. The van der Waals surface area contributed by atoms with Crippen LogP contribution in [0.15, 0.2) is 16.7 Å². The summed E-state index contributed by atoms with van der Waals surface area (Å²) in [5.41, 5.74) is 0.680. The van der Waals surface area contributed by atoms with Crippen LogP contribution in [-0.4, -0.2) is 17.3 Å². The lowest BCUT2D eigenvalue weighted by Gasteiger charge is -2.28. The lowest BCUT2D eigenvalue weighted by Crippen LogP contribution is -2.40. The molecule has 2 rings (SSSR count). The van der Waals surface area contributed by atoms with E-state index in [1.807, 2.05) is 6.92 Å². The van der Waals surface area contributed by atoms with Gasteiger partial charge in [-0.3, -0.25) is 0 Å².